The van der Waals surface area contributed by atoms with E-state index in [-0.39, 0.29) is 0 Å². The number of hydrogen-bond donors (Lipinski definition) is 1. The first kappa shape index (κ1) is 14.7. The second kappa shape index (κ2) is 7.78. The summed E-state index contributed by atoms with van der Waals surface area (Å²) < 4.78 is 5.72. The number of aryl methyl sites for hydroxylation is 1. The molecule has 0 aliphatic heterocycles. The van der Waals surface area contributed by atoms with Gasteiger partial charge < -0.3 is 10.5 Å². The molecule has 0 aliphatic rings. The number of ether oxygens (including phenoxy) is 1. The Hall–Kier alpha value is -1.71. The fraction of sp³-hybridized carbons (Fsp3) is 0.235. The summed E-state index contributed by atoms with van der Waals surface area (Å²) in [7, 11) is 0. The van der Waals surface area contributed by atoms with Crippen molar-refractivity contribution in [2.24, 2.45) is 5.73 Å². The Bertz CT molecular complexity index is 554. The molecule has 0 aromatic heterocycles. The standard InChI is InChI=1S/C17H19NOS/c18-17(20)16-11-5-4-10-15(16)13-19-12-6-9-14-7-2-1-3-8-14/h1-5,7-8,10-11H,6,9,12-13H2,(H2,18,20). The third kappa shape index (κ3) is 4.44. The Morgan fingerprint density at radius 3 is 2.45 bits per heavy atom. The molecule has 0 bridgehead atoms. The van der Waals surface area contributed by atoms with Crippen molar-refractivity contribution in [3.05, 3.63) is 71.3 Å². The van der Waals surface area contributed by atoms with Gasteiger partial charge in [-0.1, -0.05) is 66.8 Å². The maximum absolute atomic E-state index is 5.72. The Morgan fingerprint density at radius 1 is 1.00 bits per heavy atom. The third-order valence-corrected chi connectivity index (χ3v) is 3.36. The van der Waals surface area contributed by atoms with Crippen LogP contribution in [0.4, 0.5) is 0 Å². The Morgan fingerprint density at radius 2 is 1.70 bits per heavy atom. The van der Waals surface area contributed by atoms with Gasteiger partial charge in [0.25, 0.3) is 0 Å². The minimum Gasteiger partial charge on any atom is -0.389 e. The fourth-order valence-corrected chi connectivity index (χ4v) is 2.29. The van der Waals surface area contributed by atoms with E-state index >= 15 is 0 Å². The van der Waals surface area contributed by atoms with Crippen molar-refractivity contribution < 1.29 is 4.74 Å². The minimum atomic E-state index is 0.425. The zero-order valence-corrected chi connectivity index (χ0v) is 12.2. The van der Waals surface area contributed by atoms with Crippen LogP contribution in [-0.2, 0) is 17.8 Å². The third-order valence-electron chi connectivity index (χ3n) is 3.14. The molecule has 2 aromatic carbocycles. The molecule has 0 fully saturated rings. The van der Waals surface area contributed by atoms with Gasteiger partial charge in [-0.05, 0) is 24.0 Å². The van der Waals surface area contributed by atoms with Crippen molar-refractivity contribution in [1.29, 1.82) is 0 Å². The van der Waals surface area contributed by atoms with Gasteiger partial charge in [0.1, 0.15) is 4.99 Å². The van der Waals surface area contributed by atoms with E-state index in [2.05, 4.69) is 24.3 Å². The molecule has 0 atom stereocenters. The van der Waals surface area contributed by atoms with E-state index in [1.165, 1.54) is 5.56 Å². The van der Waals surface area contributed by atoms with Gasteiger partial charge >= 0.3 is 0 Å². The van der Waals surface area contributed by atoms with E-state index in [1.807, 2.05) is 30.3 Å². The molecule has 104 valence electrons. The highest BCUT2D eigenvalue weighted by Crippen LogP contribution is 2.10. The Kier molecular flexibility index (Phi) is 5.71. The molecule has 20 heavy (non-hydrogen) atoms. The van der Waals surface area contributed by atoms with Crippen LogP contribution in [-0.4, -0.2) is 11.6 Å². The number of thiocarbonyl (C=S) groups is 1. The van der Waals surface area contributed by atoms with Crippen LogP contribution in [0, 0.1) is 0 Å². The van der Waals surface area contributed by atoms with Crippen molar-refractivity contribution >= 4 is 17.2 Å². The zero-order valence-electron chi connectivity index (χ0n) is 11.4. The van der Waals surface area contributed by atoms with Gasteiger partial charge in [0.05, 0.1) is 6.61 Å². The first-order valence-corrected chi connectivity index (χ1v) is 7.17. The summed E-state index contributed by atoms with van der Waals surface area (Å²) in [6.45, 7) is 1.29. The highest BCUT2D eigenvalue weighted by atomic mass is 32.1. The largest absolute Gasteiger partial charge is 0.389 e. The maximum Gasteiger partial charge on any atom is 0.104 e. The molecule has 2 N–H and O–H groups in total. The lowest BCUT2D eigenvalue weighted by Gasteiger charge is -2.09. The summed E-state index contributed by atoms with van der Waals surface area (Å²) in [6.07, 6.45) is 2.05. The van der Waals surface area contributed by atoms with Gasteiger partial charge in [0.15, 0.2) is 0 Å². The van der Waals surface area contributed by atoms with Gasteiger partial charge in [-0.3, -0.25) is 0 Å². The van der Waals surface area contributed by atoms with Crippen LogP contribution in [0.15, 0.2) is 54.6 Å². The summed E-state index contributed by atoms with van der Waals surface area (Å²) in [5.74, 6) is 0. The van der Waals surface area contributed by atoms with Crippen molar-refractivity contribution in [3.8, 4) is 0 Å². The number of benzene rings is 2. The van der Waals surface area contributed by atoms with E-state index in [9.17, 15) is 0 Å². The summed E-state index contributed by atoms with van der Waals surface area (Å²) in [5.41, 5.74) is 9.01. The van der Waals surface area contributed by atoms with Crippen LogP contribution in [0.2, 0.25) is 0 Å². The van der Waals surface area contributed by atoms with Gasteiger partial charge in [0.2, 0.25) is 0 Å². The second-order valence-electron chi connectivity index (χ2n) is 4.66. The van der Waals surface area contributed by atoms with Crippen molar-refractivity contribution in [2.45, 2.75) is 19.4 Å². The molecule has 0 saturated carbocycles. The quantitative estimate of drug-likeness (QED) is 0.625. The van der Waals surface area contributed by atoms with Crippen molar-refractivity contribution in [1.82, 2.24) is 0 Å². The number of rotatable bonds is 7. The molecule has 2 rings (SSSR count). The molecule has 0 amide bonds. The molecule has 0 aliphatic carbocycles. The van der Waals surface area contributed by atoms with Crippen LogP contribution >= 0.6 is 12.2 Å². The van der Waals surface area contributed by atoms with Crippen LogP contribution in [0.3, 0.4) is 0 Å². The molecule has 0 spiro atoms. The molecule has 0 saturated heterocycles. The van der Waals surface area contributed by atoms with Crippen molar-refractivity contribution in [2.75, 3.05) is 6.61 Å². The molecule has 2 aromatic rings. The van der Waals surface area contributed by atoms with E-state index in [0.717, 1.165) is 30.6 Å². The highest BCUT2D eigenvalue weighted by Gasteiger charge is 2.03. The normalized spacial score (nSPS) is 10.4. The monoisotopic (exact) mass is 285 g/mol. The van der Waals surface area contributed by atoms with E-state index in [0.29, 0.717) is 11.6 Å². The predicted molar refractivity (Wildman–Crippen MR) is 86.7 cm³/mol. The maximum atomic E-state index is 5.72. The van der Waals surface area contributed by atoms with Crippen molar-refractivity contribution in [3.63, 3.8) is 0 Å². The predicted octanol–water partition coefficient (Wildman–Crippen LogP) is 3.47. The van der Waals surface area contributed by atoms with Crippen LogP contribution < -0.4 is 5.73 Å². The topological polar surface area (TPSA) is 35.2 Å². The minimum absolute atomic E-state index is 0.425. The Balaban J connectivity index is 1.75. The van der Waals surface area contributed by atoms with Crippen LogP contribution in [0.25, 0.3) is 0 Å². The second-order valence-corrected chi connectivity index (χ2v) is 5.10. The van der Waals surface area contributed by atoms with E-state index in [4.69, 9.17) is 22.7 Å². The molecular weight excluding hydrogens is 266 g/mol. The smallest absolute Gasteiger partial charge is 0.104 e. The van der Waals surface area contributed by atoms with E-state index < -0.39 is 0 Å². The summed E-state index contributed by atoms with van der Waals surface area (Å²) in [4.78, 5) is 0.425. The van der Waals surface area contributed by atoms with Crippen LogP contribution in [0.1, 0.15) is 23.1 Å². The van der Waals surface area contributed by atoms with Gasteiger partial charge in [-0.15, -0.1) is 0 Å². The lowest BCUT2D eigenvalue weighted by atomic mass is 10.1. The first-order chi connectivity index (χ1) is 9.77. The molecular formula is C17H19NOS. The zero-order chi connectivity index (χ0) is 14.2. The van der Waals surface area contributed by atoms with Gasteiger partial charge in [-0.2, -0.15) is 0 Å². The average molecular weight is 285 g/mol. The number of nitrogens with two attached hydrogens (primary N) is 1. The Labute approximate surface area is 125 Å². The fourth-order valence-electron chi connectivity index (χ4n) is 2.09. The number of hydrogen-bond acceptors (Lipinski definition) is 2. The molecule has 0 unspecified atom stereocenters. The summed E-state index contributed by atoms with van der Waals surface area (Å²) in [5, 5.41) is 0. The lowest BCUT2D eigenvalue weighted by Crippen LogP contribution is -2.13. The lowest BCUT2D eigenvalue weighted by molar-refractivity contribution is 0.118. The summed E-state index contributed by atoms with van der Waals surface area (Å²) >= 11 is 5.04. The van der Waals surface area contributed by atoms with Gasteiger partial charge in [-0.25, -0.2) is 0 Å². The molecule has 0 radical (unpaired) electrons. The highest BCUT2D eigenvalue weighted by molar-refractivity contribution is 7.80. The molecule has 0 heterocycles. The van der Waals surface area contributed by atoms with Crippen LogP contribution in [0.5, 0.6) is 0 Å². The first-order valence-electron chi connectivity index (χ1n) is 6.77. The molecule has 2 nitrogen and oxygen atoms in total. The van der Waals surface area contributed by atoms with Gasteiger partial charge in [0, 0.05) is 12.2 Å². The molecule has 3 heteroatoms. The SMILES string of the molecule is NC(=S)c1ccccc1COCCCc1ccccc1. The summed E-state index contributed by atoms with van der Waals surface area (Å²) in [6, 6.07) is 18.3. The van der Waals surface area contributed by atoms with E-state index in [1.54, 1.807) is 0 Å². The average Bonchev–Trinajstić information content (AvgIpc) is 2.48.